The Morgan fingerprint density at radius 3 is 2.86 bits per heavy atom. The summed E-state index contributed by atoms with van der Waals surface area (Å²) in [5.74, 6) is 0.200. The lowest BCUT2D eigenvalue weighted by Crippen LogP contribution is -2.49. The average Bonchev–Trinajstić information content (AvgIpc) is 3.11. The van der Waals surface area contributed by atoms with E-state index in [4.69, 9.17) is 27.9 Å². The average molecular weight is 432 g/mol. The molecule has 1 amide bonds. The van der Waals surface area contributed by atoms with Crippen LogP contribution in [0.1, 0.15) is 21.7 Å². The summed E-state index contributed by atoms with van der Waals surface area (Å²) in [6, 6.07) is 7.36. The molecule has 0 N–H and O–H groups in total. The normalized spacial score (nSPS) is 16.2. The van der Waals surface area contributed by atoms with E-state index in [1.807, 2.05) is 42.0 Å². The Morgan fingerprint density at radius 2 is 2.10 bits per heavy atom. The van der Waals surface area contributed by atoms with Crippen molar-refractivity contribution in [2.45, 2.75) is 26.1 Å². The van der Waals surface area contributed by atoms with Crippen molar-refractivity contribution in [2.75, 3.05) is 13.7 Å². The van der Waals surface area contributed by atoms with E-state index in [9.17, 15) is 4.79 Å². The lowest BCUT2D eigenvalue weighted by molar-refractivity contribution is 0.0380. The number of carbonyl (C=O) groups is 1. The maximum atomic E-state index is 13.3. The van der Waals surface area contributed by atoms with E-state index in [1.54, 1.807) is 18.2 Å². The highest BCUT2D eigenvalue weighted by atomic mass is 35.5. The molecule has 1 aliphatic rings. The minimum atomic E-state index is -0.165. The summed E-state index contributed by atoms with van der Waals surface area (Å²) in [7, 11) is 1.63. The molecule has 29 heavy (non-hydrogen) atoms. The number of hydrogen-bond donors (Lipinski definition) is 0. The zero-order chi connectivity index (χ0) is 20.5. The molecule has 1 aliphatic heterocycles. The van der Waals surface area contributed by atoms with E-state index in [0.717, 1.165) is 11.1 Å². The lowest BCUT2D eigenvalue weighted by atomic mass is 10.1. The van der Waals surface area contributed by atoms with Crippen molar-refractivity contribution in [3.05, 3.63) is 63.9 Å². The summed E-state index contributed by atoms with van der Waals surface area (Å²) in [6.07, 6.45) is 3.47. The molecule has 0 spiro atoms. The van der Waals surface area contributed by atoms with Gasteiger partial charge in [0.05, 0.1) is 18.3 Å². The van der Waals surface area contributed by atoms with Crippen LogP contribution in [0.4, 0.5) is 0 Å². The minimum Gasteiger partial charge on any atom is -0.382 e. The number of aryl methyl sites for hydroxylation is 1. The number of aromatic nitrogens is 4. The SMILES string of the molecule is COCC1Cn2cc(-c3nc(Cl)ncc3C)nc2C(=O)N1Cc1cccc(Cl)c1. The van der Waals surface area contributed by atoms with Gasteiger partial charge in [0.15, 0.2) is 5.82 Å². The third-order valence-electron chi connectivity index (χ3n) is 4.86. The highest BCUT2D eigenvalue weighted by molar-refractivity contribution is 6.30. The molecule has 1 unspecified atom stereocenters. The second-order valence-electron chi connectivity index (χ2n) is 6.94. The second kappa shape index (κ2) is 8.10. The van der Waals surface area contributed by atoms with Crippen molar-refractivity contribution >= 4 is 29.1 Å². The predicted molar refractivity (Wildman–Crippen MR) is 110 cm³/mol. The summed E-state index contributed by atoms with van der Waals surface area (Å²) in [5, 5.41) is 0.776. The van der Waals surface area contributed by atoms with Crippen molar-refractivity contribution in [3.8, 4) is 11.4 Å². The molecule has 1 aromatic carbocycles. The summed E-state index contributed by atoms with van der Waals surface area (Å²) in [5.41, 5.74) is 2.99. The molecule has 3 aromatic rings. The van der Waals surface area contributed by atoms with Crippen LogP contribution in [0.15, 0.2) is 36.7 Å². The molecule has 0 aliphatic carbocycles. The first-order valence-corrected chi connectivity index (χ1v) is 9.83. The molecule has 0 saturated heterocycles. The van der Waals surface area contributed by atoms with E-state index in [2.05, 4.69) is 15.0 Å². The van der Waals surface area contributed by atoms with Crippen molar-refractivity contribution in [1.29, 1.82) is 0 Å². The summed E-state index contributed by atoms with van der Waals surface area (Å²) < 4.78 is 7.22. The van der Waals surface area contributed by atoms with Gasteiger partial charge in [0.25, 0.3) is 5.91 Å². The van der Waals surface area contributed by atoms with Gasteiger partial charge in [-0.1, -0.05) is 23.7 Å². The third-order valence-corrected chi connectivity index (χ3v) is 5.28. The van der Waals surface area contributed by atoms with Crippen LogP contribution in [0.2, 0.25) is 10.3 Å². The first-order valence-electron chi connectivity index (χ1n) is 9.07. The molecule has 0 radical (unpaired) electrons. The first-order chi connectivity index (χ1) is 14.0. The molecular formula is C20H19Cl2N5O2. The lowest BCUT2D eigenvalue weighted by Gasteiger charge is -2.35. The molecule has 9 heteroatoms. The molecule has 150 valence electrons. The molecule has 1 atom stereocenters. The number of rotatable bonds is 5. The second-order valence-corrected chi connectivity index (χ2v) is 7.72. The van der Waals surface area contributed by atoms with Crippen LogP contribution in [-0.2, 0) is 17.8 Å². The zero-order valence-electron chi connectivity index (χ0n) is 16.0. The molecule has 2 aromatic heterocycles. The van der Waals surface area contributed by atoms with Crippen LogP contribution in [-0.4, -0.2) is 50.1 Å². The number of benzene rings is 1. The van der Waals surface area contributed by atoms with Crippen molar-refractivity contribution in [2.24, 2.45) is 0 Å². The Morgan fingerprint density at radius 1 is 1.28 bits per heavy atom. The number of hydrogen-bond acceptors (Lipinski definition) is 5. The fraction of sp³-hybridized carbons (Fsp3) is 0.300. The maximum Gasteiger partial charge on any atom is 0.290 e. The van der Waals surface area contributed by atoms with Crippen molar-refractivity contribution in [1.82, 2.24) is 24.4 Å². The number of ether oxygens (including phenoxy) is 1. The molecule has 0 fully saturated rings. The number of amides is 1. The minimum absolute atomic E-state index is 0.129. The quantitative estimate of drug-likeness (QED) is 0.576. The topological polar surface area (TPSA) is 73.1 Å². The smallest absolute Gasteiger partial charge is 0.290 e. The number of fused-ring (bicyclic) bond motifs is 1. The van der Waals surface area contributed by atoms with Crippen LogP contribution in [0.25, 0.3) is 11.4 Å². The molecule has 0 bridgehead atoms. The highest BCUT2D eigenvalue weighted by Crippen LogP contribution is 2.26. The number of imidazole rings is 1. The van der Waals surface area contributed by atoms with Gasteiger partial charge in [-0.05, 0) is 41.8 Å². The van der Waals surface area contributed by atoms with E-state index in [0.29, 0.717) is 41.9 Å². The van der Waals surface area contributed by atoms with Crippen LogP contribution in [0.3, 0.4) is 0 Å². The van der Waals surface area contributed by atoms with Gasteiger partial charge in [-0.15, -0.1) is 0 Å². The summed E-state index contributed by atoms with van der Waals surface area (Å²) in [4.78, 5) is 27.9. The number of methoxy groups -OCH3 is 1. The van der Waals surface area contributed by atoms with E-state index >= 15 is 0 Å². The Bertz CT molecular complexity index is 1070. The van der Waals surface area contributed by atoms with E-state index in [1.165, 1.54) is 0 Å². The monoisotopic (exact) mass is 431 g/mol. The Kier molecular flexibility index (Phi) is 5.54. The summed E-state index contributed by atoms with van der Waals surface area (Å²) >= 11 is 12.1. The molecule has 7 nitrogen and oxygen atoms in total. The summed E-state index contributed by atoms with van der Waals surface area (Å²) in [6.45, 7) is 3.29. The zero-order valence-corrected chi connectivity index (χ0v) is 17.5. The largest absolute Gasteiger partial charge is 0.382 e. The molecule has 3 heterocycles. The third kappa shape index (κ3) is 3.99. The van der Waals surface area contributed by atoms with Crippen LogP contribution in [0, 0.1) is 6.92 Å². The van der Waals surface area contributed by atoms with E-state index < -0.39 is 0 Å². The van der Waals surface area contributed by atoms with Gasteiger partial charge in [-0.25, -0.2) is 15.0 Å². The molecule has 0 saturated carbocycles. The fourth-order valence-corrected chi connectivity index (χ4v) is 3.85. The van der Waals surface area contributed by atoms with Gasteiger partial charge in [0.2, 0.25) is 5.28 Å². The predicted octanol–water partition coefficient (Wildman–Crippen LogP) is 3.63. The Balaban J connectivity index is 1.70. The highest BCUT2D eigenvalue weighted by Gasteiger charge is 2.34. The number of carbonyl (C=O) groups excluding carboxylic acids is 1. The fourth-order valence-electron chi connectivity index (χ4n) is 3.51. The van der Waals surface area contributed by atoms with Gasteiger partial charge >= 0.3 is 0 Å². The maximum absolute atomic E-state index is 13.3. The van der Waals surface area contributed by atoms with Gasteiger partial charge in [-0.3, -0.25) is 4.79 Å². The molecule has 4 rings (SSSR count). The number of halogens is 2. The first kappa shape index (κ1) is 19.8. The standard InChI is InChI=1S/C20H19Cl2N5O2/c1-12-7-23-20(22)25-17(12)16-10-26-9-15(11-29-2)27(19(28)18(26)24-16)8-13-4-3-5-14(21)6-13/h3-7,10,15H,8-9,11H2,1-2H3. The van der Waals surface area contributed by atoms with Crippen molar-refractivity contribution in [3.63, 3.8) is 0 Å². The van der Waals surface area contributed by atoms with Crippen LogP contribution < -0.4 is 0 Å². The van der Waals surface area contributed by atoms with Gasteiger partial charge < -0.3 is 14.2 Å². The van der Waals surface area contributed by atoms with E-state index in [-0.39, 0.29) is 17.2 Å². The number of nitrogens with zero attached hydrogens (tertiary/aromatic N) is 5. The van der Waals surface area contributed by atoms with Gasteiger partial charge in [-0.2, -0.15) is 0 Å². The van der Waals surface area contributed by atoms with Crippen LogP contribution >= 0.6 is 23.2 Å². The Hall–Kier alpha value is -2.48. The van der Waals surface area contributed by atoms with Gasteiger partial charge in [0.1, 0.15) is 5.69 Å². The van der Waals surface area contributed by atoms with Gasteiger partial charge in [0, 0.05) is 37.6 Å². The molecular weight excluding hydrogens is 413 g/mol. The van der Waals surface area contributed by atoms with Crippen LogP contribution in [0.5, 0.6) is 0 Å². The van der Waals surface area contributed by atoms with Crippen molar-refractivity contribution < 1.29 is 9.53 Å². The Labute approximate surface area is 178 Å².